The molecule has 0 aliphatic heterocycles. The van der Waals surface area contributed by atoms with E-state index in [1.54, 1.807) is 12.1 Å². The SMILES string of the molecule is Nc1cc(C(=O)OCc2cccs2)cc(C(F)(F)F)c1. The van der Waals surface area contributed by atoms with Crippen molar-refractivity contribution >= 4 is 23.0 Å². The van der Waals surface area contributed by atoms with E-state index in [0.29, 0.717) is 0 Å². The van der Waals surface area contributed by atoms with E-state index in [1.165, 1.54) is 11.3 Å². The van der Waals surface area contributed by atoms with Gasteiger partial charge < -0.3 is 10.5 Å². The first-order chi connectivity index (χ1) is 9.36. The molecule has 2 aromatic rings. The van der Waals surface area contributed by atoms with Gasteiger partial charge in [-0.2, -0.15) is 13.2 Å². The number of ether oxygens (including phenoxy) is 1. The fraction of sp³-hybridized carbons (Fsp3) is 0.154. The standard InChI is InChI=1S/C13H10F3NO2S/c14-13(15,16)9-4-8(5-10(17)6-9)12(18)19-7-11-2-1-3-20-11/h1-6H,7,17H2. The molecule has 0 fully saturated rings. The molecule has 0 aliphatic carbocycles. The number of benzene rings is 1. The van der Waals surface area contributed by atoms with E-state index in [1.807, 2.05) is 5.38 Å². The molecule has 0 bridgehead atoms. The number of rotatable bonds is 3. The summed E-state index contributed by atoms with van der Waals surface area (Å²) in [5, 5.41) is 1.81. The number of nitrogens with two attached hydrogens (primary N) is 1. The first-order valence-electron chi connectivity index (χ1n) is 5.53. The summed E-state index contributed by atoms with van der Waals surface area (Å²) in [6.07, 6.45) is -4.56. The Hall–Kier alpha value is -2.02. The second-order valence-electron chi connectivity index (χ2n) is 4.00. The van der Waals surface area contributed by atoms with Crippen LogP contribution in [-0.2, 0) is 17.5 Å². The number of anilines is 1. The van der Waals surface area contributed by atoms with Crippen molar-refractivity contribution in [2.24, 2.45) is 0 Å². The van der Waals surface area contributed by atoms with Gasteiger partial charge >= 0.3 is 12.1 Å². The summed E-state index contributed by atoms with van der Waals surface area (Å²) in [4.78, 5) is 12.5. The van der Waals surface area contributed by atoms with E-state index in [4.69, 9.17) is 10.5 Å². The molecule has 1 aromatic heterocycles. The summed E-state index contributed by atoms with van der Waals surface area (Å²) < 4.78 is 42.8. The molecule has 0 amide bonds. The van der Waals surface area contributed by atoms with Crippen LogP contribution in [0.4, 0.5) is 18.9 Å². The lowest BCUT2D eigenvalue weighted by atomic mass is 10.1. The number of nitrogen functional groups attached to an aromatic ring is 1. The third kappa shape index (κ3) is 3.51. The molecule has 20 heavy (non-hydrogen) atoms. The lowest BCUT2D eigenvalue weighted by Gasteiger charge is -2.10. The Labute approximate surface area is 116 Å². The van der Waals surface area contributed by atoms with Gasteiger partial charge in [0.1, 0.15) is 6.61 Å². The number of esters is 1. The molecule has 1 heterocycles. The molecule has 0 spiro atoms. The molecule has 7 heteroatoms. The fourth-order valence-corrected chi connectivity index (χ4v) is 2.16. The summed E-state index contributed by atoms with van der Waals surface area (Å²) in [6, 6.07) is 6.21. The molecule has 0 atom stereocenters. The number of carbonyl (C=O) groups excluding carboxylic acids is 1. The Bertz CT molecular complexity index is 609. The van der Waals surface area contributed by atoms with Crippen LogP contribution in [0.2, 0.25) is 0 Å². The van der Waals surface area contributed by atoms with Crippen molar-refractivity contribution in [2.75, 3.05) is 5.73 Å². The molecule has 0 saturated heterocycles. The van der Waals surface area contributed by atoms with Gasteiger partial charge in [-0.25, -0.2) is 4.79 Å². The Morgan fingerprint density at radius 3 is 2.65 bits per heavy atom. The summed E-state index contributed by atoms with van der Waals surface area (Å²) >= 11 is 1.39. The normalized spacial score (nSPS) is 11.3. The van der Waals surface area contributed by atoms with Crippen LogP contribution in [0.5, 0.6) is 0 Å². The van der Waals surface area contributed by atoms with Crippen LogP contribution in [-0.4, -0.2) is 5.97 Å². The Kier molecular flexibility index (Phi) is 3.99. The second-order valence-corrected chi connectivity index (χ2v) is 5.03. The minimum atomic E-state index is -4.56. The van der Waals surface area contributed by atoms with Gasteiger partial charge in [0.2, 0.25) is 0 Å². The molecule has 1 aromatic carbocycles. The van der Waals surface area contributed by atoms with Crippen LogP contribution in [0.15, 0.2) is 35.7 Å². The van der Waals surface area contributed by atoms with Crippen molar-refractivity contribution in [1.82, 2.24) is 0 Å². The van der Waals surface area contributed by atoms with E-state index in [-0.39, 0.29) is 17.9 Å². The van der Waals surface area contributed by atoms with Crippen molar-refractivity contribution in [3.63, 3.8) is 0 Å². The lowest BCUT2D eigenvalue weighted by Crippen LogP contribution is -2.10. The highest BCUT2D eigenvalue weighted by molar-refractivity contribution is 7.09. The molecule has 0 saturated carbocycles. The third-order valence-corrected chi connectivity index (χ3v) is 3.29. The van der Waals surface area contributed by atoms with Gasteiger partial charge in [-0.1, -0.05) is 6.07 Å². The summed E-state index contributed by atoms with van der Waals surface area (Å²) in [5.41, 5.74) is 4.06. The first kappa shape index (κ1) is 14.4. The molecule has 0 radical (unpaired) electrons. The van der Waals surface area contributed by atoms with E-state index in [2.05, 4.69) is 0 Å². The molecule has 3 nitrogen and oxygen atoms in total. The van der Waals surface area contributed by atoms with Crippen molar-refractivity contribution in [1.29, 1.82) is 0 Å². The summed E-state index contributed by atoms with van der Waals surface area (Å²) in [6.45, 7) is 0.0205. The van der Waals surface area contributed by atoms with Gasteiger partial charge in [-0.05, 0) is 29.6 Å². The van der Waals surface area contributed by atoms with Crippen molar-refractivity contribution in [3.8, 4) is 0 Å². The van der Waals surface area contributed by atoms with Gasteiger partial charge in [0, 0.05) is 10.6 Å². The van der Waals surface area contributed by atoms with Gasteiger partial charge in [-0.3, -0.25) is 0 Å². The maximum absolute atomic E-state index is 12.6. The third-order valence-electron chi connectivity index (χ3n) is 2.44. The summed E-state index contributed by atoms with van der Waals surface area (Å²) in [7, 11) is 0. The zero-order valence-electron chi connectivity index (χ0n) is 10.1. The largest absolute Gasteiger partial charge is 0.456 e. The predicted octanol–water partition coefficient (Wildman–Crippen LogP) is 3.71. The molecule has 0 unspecified atom stereocenters. The monoisotopic (exact) mass is 301 g/mol. The minimum Gasteiger partial charge on any atom is -0.456 e. The number of hydrogen-bond acceptors (Lipinski definition) is 4. The lowest BCUT2D eigenvalue weighted by molar-refractivity contribution is -0.137. The van der Waals surface area contributed by atoms with Crippen LogP contribution in [0.1, 0.15) is 20.8 Å². The minimum absolute atomic E-state index is 0.0205. The van der Waals surface area contributed by atoms with Crippen LogP contribution >= 0.6 is 11.3 Å². The van der Waals surface area contributed by atoms with E-state index in [9.17, 15) is 18.0 Å². The van der Waals surface area contributed by atoms with Crippen molar-refractivity contribution < 1.29 is 22.7 Å². The van der Waals surface area contributed by atoms with Gasteiger partial charge in [0.15, 0.2) is 0 Å². The number of alkyl halides is 3. The maximum atomic E-state index is 12.6. The highest BCUT2D eigenvalue weighted by Gasteiger charge is 2.31. The molecule has 2 rings (SSSR count). The van der Waals surface area contributed by atoms with E-state index in [0.717, 1.165) is 23.1 Å². The maximum Gasteiger partial charge on any atom is 0.416 e. The quantitative estimate of drug-likeness (QED) is 0.694. The Balaban J connectivity index is 2.15. The van der Waals surface area contributed by atoms with Crippen molar-refractivity contribution in [3.05, 3.63) is 51.7 Å². The zero-order valence-corrected chi connectivity index (χ0v) is 10.9. The van der Waals surface area contributed by atoms with Crippen LogP contribution in [0.3, 0.4) is 0 Å². The molecule has 106 valence electrons. The fourth-order valence-electron chi connectivity index (χ4n) is 1.55. The van der Waals surface area contributed by atoms with Gasteiger partial charge in [-0.15, -0.1) is 11.3 Å². The van der Waals surface area contributed by atoms with Gasteiger partial charge in [0.25, 0.3) is 0 Å². The highest BCUT2D eigenvalue weighted by Crippen LogP contribution is 2.31. The molecular formula is C13H10F3NO2S. The van der Waals surface area contributed by atoms with E-state index >= 15 is 0 Å². The predicted molar refractivity (Wildman–Crippen MR) is 69.3 cm³/mol. The van der Waals surface area contributed by atoms with Crippen LogP contribution in [0.25, 0.3) is 0 Å². The first-order valence-corrected chi connectivity index (χ1v) is 6.41. The number of thiophene rings is 1. The van der Waals surface area contributed by atoms with Gasteiger partial charge in [0.05, 0.1) is 11.1 Å². The average molecular weight is 301 g/mol. The highest BCUT2D eigenvalue weighted by atomic mass is 32.1. The Morgan fingerprint density at radius 1 is 1.30 bits per heavy atom. The second kappa shape index (κ2) is 5.54. The number of hydrogen-bond donors (Lipinski definition) is 1. The number of halogens is 3. The van der Waals surface area contributed by atoms with Crippen molar-refractivity contribution in [2.45, 2.75) is 12.8 Å². The van der Waals surface area contributed by atoms with E-state index < -0.39 is 17.7 Å². The Morgan fingerprint density at radius 2 is 2.05 bits per heavy atom. The topological polar surface area (TPSA) is 52.3 Å². The smallest absolute Gasteiger partial charge is 0.416 e. The molecule has 2 N–H and O–H groups in total. The molecular weight excluding hydrogens is 291 g/mol. The number of carbonyl (C=O) groups is 1. The average Bonchev–Trinajstić information content (AvgIpc) is 2.87. The zero-order chi connectivity index (χ0) is 14.8. The molecule has 0 aliphatic rings. The van der Waals surface area contributed by atoms with Crippen LogP contribution in [0, 0.1) is 0 Å². The van der Waals surface area contributed by atoms with Crippen LogP contribution < -0.4 is 5.73 Å². The summed E-state index contributed by atoms with van der Waals surface area (Å²) in [5.74, 6) is -0.837.